The topological polar surface area (TPSA) is 110 Å². The Morgan fingerprint density at radius 3 is 2.39 bits per heavy atom. The first-order chi connectivity index (χ1) is 8.12. The molecular weight excluding hydrogens is 232 g/mol. The summed E-state index contributed by atoms with van der Waals surface area (Å²) in [5.74, 6) is 0. The Labute approximate surface area is 108 Å². The summed E-state index contributed by atoms with van der Waals surface area (Å²) in [6, 6.07) is -1.25. The third-order valence-corrected chi connectivity index (χ3v) is 3.39. The summed E-state index contributed by atoms with van der Waals surface area (Å²) < 4.78 is 0. The quantitative estimate of drug-likeness (QED) is 0.589. The van der Waals surface area contributed by atoms with Gasteiger partial charge < -0.3 is 16.8 Å². The summed E-state index contributed by atoms with van der Waals surface area (Å²) in [4.78, 5) is 21.9. The minimum atomic E-state index is -0.849. The van der Waals surface area contributed by atoms with Gasteiger partial charge in [-0.15, -0.1) is 0 Å². The number of carbonyl (C=O) groups excluding carboxylic acids is 2. The van der Waals surface area contributed by atoms with Crippen LogP contribution in [0.5, 0.6) is 0 Å². The van der Waals surface area contributed by atoms with Crippen molar-refractivity contribution >= 4 is 12.1 Å². The molecule has 6 heteroatoms. The van der Waals surface area contributed by atoms with Crippen LogP contribution in [0.2, 0.25) is 0 Å². The van der Waals surface area contributed by atoms with Crippen LogP contribution in [0.15, 0.2) is 0 Å². The fourth-order valence-electron chi connectivity index (χ4n) is 3.30. The van der Waals surface area contributed by atoms with Crippen molar-refractivity contribution in [1.29, 1.82) is 0 Å². The van der Waals surface area contributed by atoms with Gasteiger partial charge in [-0.3, -0.25) is 5.32 Å². The predicted octanol–water partition coefficient (Wildman–Crippen LogP) is 0.908. The first-order valence-corrected chi connectivity index (χ1v) is 6.22. The van der Waals surface area contributed by atoms with Gasteiger partial charge in [0.2, 0.25) is 0 Å². The number of hydrogen-bond donors (Lipinski definition) is 4. The van der Waals surface area contributed by atoms with Crippen LogP contribution in [-0.2, 0) is 0 Å². The average molecular weight is 256 g/mol. The van der Waals surface area contributed by atoms with E-state index in [1.807, 2.05) is 5.32 Å². The second-order valence-corrected chi connectivity index (χ2v) is 6.49. The molecule has 0 saturated heterocycles. The molecule has 1 aliphatic carbocycles. The van der Waals surface area contributed by atoms with Crippen LogP contribution in [-0.4, -0.2) is 24.6 Å². The van der Waals surface area contributed by atoms with Gasteiger partial charge >= 0.3 is 12.1 Å². The van der Waals surface area contributed by atoms with E-state index in [0.717, 1.165) is 19.3 Å². The van der Waals surface area contributed by atoms with Gasteiger partial charge in [0.25, 0.3) is 0 Å². The zero-order chi connectivity index (χ0) is 14.0. The summed E-state index contributed by atoms with van der Waals surface area (Å²) in [6.07, 6.45) is 2.86. The predicted molar refractivity (Wildman–Crippen MR) is 69.8 cm³/mol. The summed E-state index contributed by atoms with van der Waals surface area (Å²) in [5.41, 5.74) is 11.1. The van der Waals surface area contributed by atoms with Crippen LogP contribution >= 0.6 is 0 Å². The number of amides is 4. The maximum Gasteiger partial charge on any atom is 0.322 e. The van der Waals surface area contributed by atoms with Crippen molar-refractivity contribution in [2.75, 3.05) is 6.54 Å². The van der Waals surface area contributed by atoms with Gasteiger partial charge in [0.05, 0.1) is 0 Å². The molecule has 18 heavy (non-hydrogen) atoms. The molecule has 0 aromatic carbocycles. The van der Waals surface area contributed by atoms with Crippen molar-refractivity contribution in [2.24, 2.45) is 22.3 Å². The van der Waals surface area contributed by atoms with Crippen molar-refractivity contribution < 1.29 is 9.59 Å². The summed E-state index contributed by atoms with van der Waals surface area (Å²) in [5, 5.41) is 4.67. The highest BCUT2D eigenvalue weighted by molar-refractivity contribution is 5.92. The Balaban J connectivity index is 2.54. The Kier molecular flexibility index (Phi) is 4.21. The van der Waals surface area contributed by atoms with Crippen molar-refractivity contribution in [3.8, 4) is 0 Å². The molecule has 2 unspecified atom stereocenters. The molecule has 4 amide bonds. The minimum Gasteiger partial charge on any atom is -0.351 e. The fraction of sp³-hybridized carbons (Fsp3) is 0.833. The number of nitrogens with one attached hydrogen (secondary N) is 2. The maximum atomic E-state index is 11.3. The first-order valence-electron chi connectivity index (χ1n) is 6.22. The van der Waals surface area contributed by atoms with Gasteiger partial charge in [0, 0.05) is 12.6 Å². The van der Waals surface area contributed by atoms with E-state index in [-0.39, 0.29) is 16.9 Å². The number of hydrogen-bond acceptors (Lipinski definition) is 3. The summed E-state index contributed by atoms with van der Waals surface area (Å²) >= 11 is 0. The number of carbonyl (C=O) groups is 2. The van der Waals surface area contributed by atoms with Gasteiger partial charge in [0.15, 0.2) is 0 Å². The zero-order valence-corrected chi connectivity index (χ0v) is 11.4. The number of rotatable bonds is 2. The molecule has 104 valence electrons. The van der Waals surface area contributed by atoms with E-state index >= 15 is 0 Å². The number of nitrogens with two attached hydrogens (primary N) is 2. The zero-order valence-electron chi connectivity index (χ0n) is 11.4. The lowest BCUT2D eigenvalue weighted by Crippen LogP contribution is -2.50. The van der Waals surface area contributed by atoms with Gasteiger partial charge in [0.1, 0.15) is 0 Å². The van der Waals surface area contributed by atoms with E-state index in [2.05, 4.69) is 26.1 Å². The largest absolute Gasteiger partial charge is 0.351 e. The van der Waals surface area contributed by atoms with Gasteiger partial charge in [-0.2, -0.15) is 0 Å². The normalized spacial score (nSPS) is 30.6. The minimum absolute atomic E-state index is 0.0455. The molecule has 6 N–H and O–H groups in total. The van der Waals surface area contributed by atoms with E-state index < -0.39 is 12.1 Å². The fourth-order valence-corrected chi connectivity index (χ4v) is 3.30. The summed E-state index contributed by atoms with van der Waals surface area (Å²) in [6.45, 7) is 6.98. The van der Waals surface area contributed by atoms with Crippen LogP contribution in [0.4, 0.5) is 9.59 Å². The summed E-state index contributed by atoms with van der Waals surface area (Å²) in [7, 11) is 0. The standard InChI is InChI=1S/C12H24N4O2/c1-11(2)4-8(13)5-12(3,6-11)7-15-10(18)16-9(14)17/h8H,4-7,13H2,1-3H3,(H4,14,15,16,17,18). The van der Waals surface area contributed by atoms with Crippen LogP contribution in [0.1, 0.15) is 40.0 Å². The van der Waals surface area contributed by atoms with Gasteiger partial charge in [-0.1, -0.05) is 20.8 Å². The Bertz CT molecular complexity index is 343. The van der Waals surface area contributed by atoms with E-state index in [1.54, 1.807) is 0 Å². The highest BCUT2D eigenvalue weighted by Crippen LogP contribution is 2.45. The molecule has 0 aliphatic heterocycles. The molecule has 1 fully saturated rings. The molecular formula is C12H24N4O2. The molecule has 2 atom stereocenters. The number of urea groups is 2. The van der Waals surface area contributed by atoms with Crippen molar-refractivity contribution in [3.63, 3.8) is 0 Å². The molecule has 1 rings (SSSR count). The lowest BCUT2D eigenvalue weighted by Gasteiger charge is -2.45. The van der Waals surface area contributed by atoms with Crippen molar-refractivity contribution in [3.05, 3.63) is 0 Å². The average Bonchev–Trinajstić information content (AvgIpc) is 2.09. The molecule has 0 radical (unpaired) electrons. The van der Waals surface area contributed by atoms with Crippen LogP contribution in [0, 0.1) is 10.8 Å². The molecule has 6 nitrogen and oxygen atoms in total. The lowest BCUT2D eigenvalue weighted by atomic mass is 9.63. The molecule has 0 bridgehead atoms. The van der Waals surface area contributed by atoms with Gasteiger partial charge in [-0.05, 0) is 30.1 Å². The SMILES string of the molecule is CC1(C)CC(N)CC(C)(CNC(=O)NC(N)=O)C1. The van der Waals surface area contributed by atoms with E-state index in [9.17, 15) is 9.59 Å². The van der Waals surface area contributed by atoms with Crippen LogP contribution < -0.4 is 22.1 Å². The highest BCUT2D eigenvalue weighted by Gasteiger charge is 2.40. The monoisotopic (exact) mass is 256 g/mol. The number of imide groups is 1. The third-order valence-electron chi connectivity index (χ3n) is 3.39. The van der Waals surface area contributed by atoms with E-state index in [0.29, 0.717) is 6.54 Å². The first kappa shape index (κ1) is 14.8. The van der Waals surface area contributed by atoms with Crippen molar-refractivity contribution in [2.45, 2.75) is 46.1 Å². The van der Waals surface area contributed by atoms with E-state index in [1.165, 1.54) is 0 Å². The van der Waals surface area contributed by atoms with Crippen molar-refractivity contribution in [1.82, 2.24) is 10.6 Å². The Hall–Kier alpha value is -1.30. The lowest BCUT2D eigenvalue weighted by molar-refractivity contribution is 0.0844. The second kappa shape index (κ2) is 5.14. The maximum absolute atomic E-state index is 11.3. The molecule has 1 aliphatic rings. The molecule has 1 saturated carbocycles. The highest BCUT2D eigenvalue weighted by atomic mass is 16.2. The van der Waals surface area contributed by atoms with E-state index in [4.69, 9.17) is 11.5 Å². The Morgan fingerprint density at radius 1 is 1.28 bits per heavy atom. The second-order valence-electron chi connectivity index (χ2n) is 6.49. The molecule has 0 spiro atoms. The smallest absolute Gasteiger partial charge is 0.322 e. The van der Waals surface area contributed by atoms with Gasteiger partial charge in [-0.25, -0.2) is 9.59 Å². The van der Waals surface area contributed by atoms with Crippen LogP contribution in [0.25, 0.3) is 0 Å². The molecule has 0 heterocycles. The molecule has 0 aromatic heterocycles. The number of primary amides is 1. The van der Waals surface area contributed by atoms with Crippen LogP contribution in [0.3, 0.4) is 0 Å². The molecule has 0 aromatic rings. The Morgan fingerprint density at radius 2 is 1.89 bits per heavy atom. The third kappa shape index (κ3) is 4.52.